The fourth-order valence-corrected chi connectivity index (χ4v) is 1.75. The smallest absolute Gasteiger partial charge is 0.227 e. The highest BCUT2D eigenvalue weighted by molar-refractivity contribution is 5.94. The zero-order chi connectivity index (χ0) is 13.7. The molecule has 100 valence electrons. The molecular formula is C13H17N5O. The van der Waals surface area contributed by atoms with Crippen molar-refractivity contribution in [3.8, 4) is 5.69 Å². The van der Waals surface area contributed by atoms with Gasteiger partial charge in [-0.3, -0.25) is 4.79 Å². The third-order valence-electron chi connectivity index (χ3n) is 2.87. The first-order chi connectivity index (χ1) is 9.22. The number of carbonyl (C=O) groups is 1. The number of hydrogen-bond acceptors (Lipinski definition) is 4. The summed E-state index contributed by atoms with van der Waals surface area (Å²) in [5, 5.41) is 6.97. The predicted octanol–water partition coefficient (Wildman–Crippen LogP) is 1.19. The fourth-order valence-electron chi connectivity index (χ4n) is 1.75. The van der Waals surface area contributed by atoms with Gasteiger partial charge in [0.15, 0.2) is 0 Å². The lowest BCUT2D eigenvalue weighted by Crippen LogP contribution is -2.23. The van der Waals surface area contributed by atoms with Gasteiger partial charge in [0.25, 0.3) is 0 Å². The van der Waals surface area contributed by atoms with Gasteiger partial charge < -0.3 is 11.1 Å². The monoisotopic (exact) mass is 259 g/mol. The number of benzene rings is 1. The lowest BCUT2D eigenvalue weighted by molar-refractivity contribution is -0.119. The van der Waals surface area contributed by atoms with Gasteiger partial charge in [-0.1, -0.05) is 19.1 Å². The first-order valence-corrected chi connectivity index (χ1v) is 6.17. The van der Waals surface area contributed by atoms with Crippen LogP contribution in [-0.2, 0) is 4.79 Å². The molecule has 6 nitrogen and oxygen atoms in total. The molecule has 0 radical (unpaired) electrons. The van der Waals surface area contributed by atoms with E-state index in [0.717, 1.165) is 5.69 Å². The highest BCUT2D eigenvalue weighted by Gasteiger charge is 2.14. The molecule has 2 aromatic rings. The van der Waals surface area contributed by atoms with Gasteiger partial charge in [-0.2, -0.15) is 5.10 Å². The van der Waals surface area contributed by atoms with Gasteiger partial charge in [-0.15, -0.1) is 0 Å². The van der Waals surface area contributed by atoms with Crippen LogP contribution in [0.3, 0.4) is 0 Å². The zero-order valence-corrected chi connectivity index (χ0v) is 10.8. The number of amides is 1. The van der Waals surface area contributed by atoms with E-state index < -0.39 is 0 Å². The van der Waals surface area contributed by atoms with Crippen molar-refractivity contribution in [2.75, 3.05) is 11.9 Å². The fraction of sp³-hybridized carbons (Fsp3) is 0.308. The summed E-state index contributed by atoms with van der Waals surface area (Å²) in [7, 11) is 0. The Labute approximate surface area is 111 Å². The van der Waals surface area contributed by atoms with Gasteiger partial charge >= 0.3 is 0 Å². The molecule has 1 amide bonds. The van der Waals surface area contributed by atoms with Crippen LogP contribution in [0.1, 0.15) is 13.3 Å². The Morgan fingerprint density at radius 3 is 2.95 bits per heavy atom. The number of anilines is 1. The molecule has 0 saturated heterocycles. The minimum Gasteiger partial charge on any atom is -0.330 e. The molecule has 1 heterocycles. The van der Waals surface area contributed by atoms with E-state index in [4.69, 9.17) is 5.73 Å². The third kappa shape index (κ3) is 3.17. The molecule has 19 heavy (non-hydrogen) atoms. The predicted molar refractivity (Wildman–Crippen MR) is 72.8 cm³/mol. The number of nitrogens with two attached hydrogens (primary N) is 1. The minimum atomic E-state index is -0.117. The van der Waals surface area contributed by atoms with Gasteiger partial charge in [0.2, 0.25) is 5.91 Å². The SMILES string of the molecule is CC(CCN)C(=O)Nc1ccccc1-n1cncn1. The Balaban J connectivity index is 2.19. The standard InChI is InChI=1S/C13H17N5O/c1-10(6-7-14)13(19)17-11-4-2-3-5-12(11)18-9-15-8-16-18/h2-5,8-10H,6-7,14H2,1H3,(H,17,19). The Morgan fingerprint density at radius 1 is 1.47 bits per heavy atom. The summed E-state index contributed by atoms with van der Waals surface area (Å²) in [6, 6.07) is 7.46. The number of para-hydroxylation sites is 2. The summed E-state index contributed by atoms with van der Waals surface area (Å²) in [5.41, 5.74) is 6.96. The summed E-state index contributed by atoms with van der Waals surface area (Å²) in [4.78, 5) is 15.9. The number of nitrogens with zero attached hydrogens (tertiary/aromatic N) is 3. The molecule has 0 aliphatic carbocycles. The Morgan fingerprint density at radius 2 is 2.26 bits per heavy atom. The van der Waals surface area contributed by atoms with Crippen molar-refractivity contribution in [2.45, 2.75) is 13.3 Å². The topological polar surface area (TPSA) is 85.8 Å². The molecule has 6 heteroatoms. The van der Waals surface area contributed by atoms with Crippen molar-refractivity contribution >= 4 is 11.6 Å². The number of aromatic nitrogens is 3. The highest BCUT2D eigenvalue weighted by Crippen LogP contribution is 2.19. The summed E-state index contributed by atoms with van der Waals surface area (Å²) < 4.78 is 1.61. The van der Waals surface area contributed by atoms with Crippen LogP contribution < -0.4 is 11.1 Å². The van der Waals surface area contributed by atoms with Gasteiger partial charge in [0, 0.05) is 5.92 Å². The number of nitrogens with one attached hydrogen (secondary N) is 1. The molecule has 1 aromatic carbocycles. The summed E-state index contributed by atoms with van der Waals surface area (Å²) in [6.45, 7) is 2.36. The van der Waals surface area contributed by atoms with E-state index in [9.17, 15) is 4.79 Å². The normalized spacial score (nSPS) is 12.1. The molecular weight excluding hydrogens is 242 g/mol. The molecule has 0 aliphatic heterocycles. The Bertz CT molecular complexity index is 538. The maximum Gasteiger partial charge on any atom is 0.227 e. The Kier molecular flexibility index (Phi) is 4.25. The molecule has 1 atom stereocenters. The first-order valence-electron chi connectivity index (χ1n) is 6.17. The third-order valence-corrected chi connectivity index (χ3v) is 2.87. The molecule has 0 bridgehead atoms. The molecule has 2 rings (SSSR count). The van der Waals surface area contributed by atoms with E-state index in [-0.39, 0.29) is 11.8 Å². The quantitative estimate of drug-likeness (QED) is 0.844. The second kappa shape index (κ2) is 6.10. The van der Waals surface area contributed by atoms with E-state index in [0.29, 0.717) is 18.7 Å². The molecule has 0 aliphatic rings. The number of rotatable bonds is 5. The van der Waals surface area contributed by atoms with Crippen LogP contribution in [0.15, 0.2) is 36.9 Å². The van der Waals surface area contributed by atoms with Crippen LogP contribution in [0, 0.1) is 5.92 Å². The van der Waals surface area contributed by atoms with Crippen LogP contribution in [0.4, 0.5) is 5.69 Å². The highest BCUT2D eigenvalue weighted by atomic mass is 16.1. The molecule has 1 unspecified atom stereocenters. The van der Waals surface area contributed by atoms with Crippen molar-refractivity contribution in [1.29, 1.82) is 0 Å². The summed E-state index contributed by atoms with van der Waals surface area (Å²) in [5.74, 6) is -0.160. The average Bonchev–Trinajstić information content (AvgIpc) is 2.93. The van der Waals surface area contributed by atoms with Crippen molar-refractivity contribution in [3.63, 3.8) is 0 Å². The van der Waals surface area contributed by atoms with Crippen LogP contribution in [0.5, 0.6) is 0 Å². The van der Waals surface area contributed by atoms with Gasteiger partial charge in [0.05, 0.1) is 11.4 Å². The largest absolute Gasteiger partial charge is 0.330 e. The molecule has 1 aromatic heterocycles. The molecule has 0 fully saturated rings. The van der Waals surface area contributed by atoms with Crippen molar-refractivity contribution in [2.24, 2.45) is 11.7 Å². The zero-order valence-electron chi connectivity index (χ0n) is 10.8. The van der Waals surface area contributed by atoms with E-state index >= 15 is 0 Å². The van der Waals surface area contributed by atoms with Crippen LogP contribution >= 0.6 is 0 Å². The van der Waals surface area contributed by atoms with Crippen molar-refractivity contribution in [3.05, 3.63) is 36.9 Å². The van der Waals surface area contributed by atoms with Crippen LogP contribution in [0.2, 0.25) is 0 Å². The Hall–Kier alpha value is -2.21. The summed E-state index contributed by atoms with van der Waals surface area (Å²) >= 11 is 0. The van der Waals surface area contributed by atoms with E-state index in [1.54, 1.807) is 11.0 Å². The van der Waals surface area contributed by atoms with Crippen LogP contribution in [0.25, 0.3) is 5.69 Å². The second-order valence-corrected chi connectivity index (χ2v) is 4.32. The minimum absolute atomic E-state index is 0.0435. The molecule has 0 spiro atoms. The molecule has 3 N–H and O–H groups in total. The van der Waals surface area contributed by atoms with Gasteiger partial charge in [-0.05, 0) is 25.1 Å². The maximum absolute atomic E-state index is 12.0. The van der Waals surface area contributed by atoms with Crippen molar-refractivity contribution < 1.29 is 4.79 Å². The van der Waals surface area contributed by atoms with Crippen molar-refractivity contribution in [1.82, 2.24) is 14.8 Å². The number of carbonyl (C=O) groups excluding carboxylic acids is 1. The first kappa shape index (κ1) is 13.2. The summed E-state index contributed by atoms with van der Waals surface area (Å²) in [6.07, 6.45) is 3.71. The maximum atomic E-state index is 12.0. The lowest BCUT2D eigenvalue weighted by atomic mass is 10.1. The van der Waals surface area contributed by atoms with E-state index in [2.05, 4.69) is 15.4 Å². The van der Waals surface area contributed by atoms with E-state index in [1.165, 1.54) is 6.33 Å². The second-order valence-electron chi connectivity index (χ2n) is 4.32. The van der Waals surface area contributed by atoms with Gasteiger partial charge in [0.1, 0.15) is 12.7 Å². The van der Waals surface area contributed by atoms with Gasteiger partial charge in [-0.25, -0.2) is 9.67 Å². The molecule has 0 saturated carbocycles. The lowest BCUT2D eigenvalue weighted by Gasteiger charge is -2.14. The average molecular weight is 259 g/mol. The van der Waals surface area contributed by atoms with E-state index in [1.807, 2.05) is 31.2 Å². The van der Waals surface area contributed by atoms with Crippen LogP contribution in [-0.4, -0.2) is 27.2 Å². The number of hydrogen-bond donors (Lipinski definition) is 2.